The summed E-state index contributed by atoms with van der Waals surface area (Å²) < 4.78 is 15.9. The first kappa shape index (κ1) is 21.0. The highest BCUT2D eigenvalue weighted by atomic mass is 32.2. The number of carbonyl (C=O) groups is 1. The standard InChI is InChI=1S/C21H22FN7OS/c1-11(23)8-24-17-5-4-14(19-15(17)9-25-21(27-19)31-3)20(30)26-13-6-12-10-29(2)28-18(12)16(22)7-13/h4-7,9-11,24H,8,23H2,1-3H3,(H,26,30)/t11-/m1/s1. The third-order valence-corrected chi connectivity index (χ3v) is 5.27. The number of thioether (sulfide) groups is 1. The van der Waals surface area contributed by atoms with E-state index in [9.17, 15) is 9.18 Å². The predicted octanol–water partition coefficient (Wildman–Crippen LogP) is 3.39. The van der Waals surface area contributed by atoms with Gasteiger partial charge in [-0.2, -0.15) is 5.10 Å². The Morgan fingerprint density at radius 1 is 1.32 bits per heavy atom. The van der Waals surface area contributed by atoms with Crippen molar-refractivity contribution >= 4 is 50.8 Å². The van der Waals surface area contributed by atoms with Gasteiger partial charge in [-0.05, 0) is 37.4 Å². The lowest BCUT2D eigenvalue weighted by Gasteiger charge is -2.14. The van der Waals surface area contributed by atoms with Crippen molar-refractivity contribution in [3.8, 4) is 0 Å². The Bertz CT molecular complexity index is 1290. The maximum absolute atomic E-state index is 14.4. The molecular formula is C21H22FN7OS. The van der Waals surface area contributed by atoms with Gasteiger partial charge in [-0.3, -0.25) is 9.48 Å². The maximum atomic E-state index is 14.4. The number of amides is 1. The van der Waals surface area contributed by atoms with Crippen LogP contribution in [0.5, 0.6) is 0 Å². The Morgan fingerprint density at radius 3 is 2.87 bits per heavy atom. The minimum absolute atomic E-state index is 0.0401. The van der Waals surface area contributed by atoms with Crippen LogP contribution in [-0.4, -0.2) is 44.5 Å². The monoisotopic (exact) mass is 439 g/mol. The normalized spacial score (nSPS) is 12.3. The largest absolute Gasteiger partial charge is 0.383 e. The average Bonchev–Trinajstić information content (AvgIpc) is 3.12. The Kier molecular flexibility index (Phi) is 5.75. The fraction of sp³-hybridized carbons (Fsp3) is 0.238. The number of hydrogen-bond donors (Lipinski definition) is 3. The maximum Gasteiger partial charge on any atom is 0.257 e. The molecule has 0 aliphatic rings. The van der Waals surface area contributed by atoms with E-state index in [1.807, 2.05) is 13.2 Å². The number of anilines is 2. The fourth-order valence-electron chi connectivity index (χ4n) is 3.29. The molecule has 0 aliphatic heterocycles. The molecule has 0 fully saturated rings. The summed E-state index contributed by atoms with van der Waals surface area (Å²) in [6, 6.07) is 6.40. The first-order valence-corrected chi connectivity index (χ1v) is 10.9. The number of nitrogens with zero attached hydrogens (tertiary/aromatic N) is 4. The van der Waals surface area contributed by atoms with E-state index < -0.39 is 11.7 Å². The van der Waals surface area contributed by atoms with E-state index in [-0.39, 0.29) is 11.6 Å². The predicted molar refractivity (Wildman–Crippen MR) is 122 cm³/mol. The second kappa shape index (κ2) is 8.48. The molecule has 2 aromatic heterocycles. The molecule has 4 aromatic rings. The van der Waals surface area contributed by atoms with Crippen LogP contribution in [0.3, 0.4) is 0 Å². The topological polar surface area (TPSA) is 111 Å². The van der Waals surface area contributed by atoms with Crippen LogP contribution < -0.4 is 16.4 Å². The summed E-state index contributed by atoms with van der Waals surface area (Å²) in [5.41, 5.74) is 8.11. The molecule has 2 aromatic carbocycles. The zero-order valence-electron chi connectivity index (χ0n) is 17.3. The first-order valence-electron chi connectivity index (χ1n) is 9.63. The van der Waals surface area contributed by atoms with Crippen LogP contribution >= 0.6 is 11.8 Å². The van der Waals surface area contributed by atoms with Gasteiger partial charge >= 0.3 is 0 Å². The first-order chi connectivity index (χ1) is 14.9. The molecule has 2 heterocycles. The molecule has 0 spiro atoms. The number of aryl methyl sites for hydroxylation is 1. The SMILES string of the molecule is CSc1ncc2c(NC[C@@H](C)N)ccc(C(=O)Nc3cc(F)c4nn(C)cc4c3)c2n1. The molecule has 1 amide bonds. The summed E-state index contributed by atoms with van der Waals surface area (Å²) in [7, 11) is 1.72. The summed E-state index contributed by atoms with van der Waals surface area (Å²) in [6.07, 6.45) is 5.25. The number of hydrogen-bond acceptors (Lipinski definition) is 7. The number of benzene rings is 2. The molecule has 0 bridgehead atoms. The molecule has 4 N–H and O–H groups in total. The summed E-state index contributed by atoms with van der Waals surface area (Å²) in [5, 5.41) is 12.0. The van der Waals surface area contributed by atoms with Crippen molar-refractivity contribution in [3.05, 3.63) is 48.0 Å². The molecule has 0 radical (unpaired) electrons. The molecule has 0 saturated heterocycles. The van der Waals surface area contributed by atoms with Crippen LogP contribution in [-0.2, 0) is 7.05 Å². The summed E-state index contributed by atoms with van der Waals surface area (Å²) in [4.78, 5) is 22.0. The third-order valence-electron chi connectivity index (χ3n) is 4.70. The van der Waals surface area contributed by atoms with Crippen molar-refractivity contribution < 1.29 is 9.18 Å². The summed E-state index contributed by atoms with van der Waals surface area (Å²) in [6.45, 7) is 2.47. The number of aromatic nitrogens is 4. The Morgan fingerprint density at radius 2 is 2.13 bits per heavy atom. The van der Waals surface area contributed by atoms with Crippen LogP contribution in [0.15, 0.2) is 41.8 Å². The number of carbonyl (C=O) groups excluding carboxylic acids is 1. The number of nitrogens with two attached hydrogens (primary N) is 1. The summed E-state index contributed by atoms with van der Waals surface area (Å²) >= 11 is 1.38. The van der Waals surface area contributed by atoms with Gasteiger partial charge in [0.05, 0.1) is 11.1 Å². The smallest absolute Gasteiger partial charge is 0.257 e. The van der Waals surface area contributed by atoms with Crippen LogP contribution in [0.25, 0.3) is 21.8 Å². The van der Waals surface area contributed by atoms with Crippen molar-refractivity contribution in [2.75, 3.05) is 23.4 Å². The molecule has 1 atom stereocenters. The van der Waals surface area contributed by atoms with Crippen molar-refractivity contribution in [1.29, 1.82) is 0 Å². The van der Waals surface area contributed by atoms with E-state index in [0.29, 0.717) is 39.2 Å². The molecule has 160 valence electrons. The Labute approximate surface area is 182 Å². The van der Waals surface area contributed by atoms with E-state index in [0.717, 1.165) is 5.69 Å². The molecule has 0 saturated carbocycles. The van der Waals surface area contributed by atoms with Gasteiger partial charge in [0.2, 0.25) is 0 Å². The number of fused-ring (bicyclic) bond motifs is 2. The molecule has 31 heavy (non-hydrogen) atoms. The van der Waals surface area contributed by atoms with E-state index in [4.69, 9.17) is 5.73 Å². The molecular weight excluding hydrogens is 417 g/mol. The molecule has 0 aliphatic carbocycles. The molecule has 4 rings (SSSR count). The van der Waals surface area contributed by atoms with Gasteiger partial charge in [-0.25, -0.2) is 14.4 Å². The van der Waals surface area contributed by atoms with Crippen molar-refractivity contribution in [2.45, 2.75) is 18.1 Å². The van der Waals surface area contributed by atoms with E-state index in [2.05, 4.69) is 25.7 Å². The lowest BCUT2D eigenvalue weighted by atomic mass is 10.1. The summed E-state index contributed by atoms with van der Waals surface area (Å²) in [5.74, 6) is -0.891. The minimum atomic E-state index is -0.499. The number of rotatable bonds is 6. The lowest BCUT2D eigenvalue weighted by Crippen LogP contribution is -2.25. The van der Waals surface area contributed by atoms with Gasteiger partial charge in [-0.1, -0.05) is 11.8 Å². The Balaban J connectivity index is 1.72. The van der Waals surface area contributed by atoms with Crippen LogP contribution in [0, 0.1) is 5.82 Å². The highest BCUT2D eigenvalue weighted by Crippen LogP contribution is 2.28. The van der Waals surface area contributed by atoms with Crippen LogP contribution in [0.4, 0.5) is 15.8 Å². The third kappa shape index (κ3) is 4.30. The number of halogens is 1. The van der Waals surface area contributed by atoms with Crippen molar-refractivity contribution in [1.82, 2.24) is 19.7 Å². The molecule has 0 unspecified atom stereocenters. The van der Waals surface area contributed by atoms with Crippen LogP contribution in [0.2, 0.25) is 0 Å². The molecule has 10 heteroatoms. The lowest BCUT2D eigenvalue weighted by molar-refractivity contribution is 0.102. The van der Waals surface area contributed by atoms with E-state index in [1.165, 1.54) is 22.5 Å². The van der Waals surface area contributed by atoms with Gasteiger partial charge in [0.25, 0.3) is 5.91 Å². The van der Waals surface area contributed by atoms with Crippen LogP contribution in [0.1, 0.15) is 17.3 Å². The zero-order chi connectivity index (χ0) is 22.1. The molecule has 8 nitrogen and oxygen atoms in total. The van der Waals surface area contributed by atoms with Crippen molar-refractivity contribution in [3.63, 3.8) is 0 Å². The highest BCUT2D eigenvalue weighted by molar-refractivity contribution is 7.98. The van der Waals surface area contributed by atoms with Gasteiger partial charge in [0.1, 0.15) is 5.52 Å². The van der Waals surface area contributed by atoms with Crippen molar-refractivity contribution in [2.24, 2.45) is 12.8 Å². The number of nitrogens with one attached hydrogen (secondary N) is 2. The van der Waals surface area contributed by atoms with E-state index in [1.54, 1.807) is 37.6 Å². The van der Waals surface area contributed by atoms with Gasteiger partial charge in [0, 0.05) is 54.2 Å². The fourth-order valence-corrected chi connectivity index (χ4v) is 3.63. The second-order valence-corrected chi connectivity index (χ2v) is 8.06. The van der Waals surface area contributed by atoms with Gasteiger partial charge in [-0.15, -0.1) is 0 Å². The average molecular weight is 440 g/mol. The second-order valence-electron chi connectivity index (χ2n) is 7.29. The Hall–Kier alpha value is -3.24. The quantitative estimate of drug-likeness (QED) is 0.312. The van der Waals surface area contributed by atoms with Gasteiger partial charge < -0.3 is 16.4 Å². The zero-order valence-corrected chi connectivity index (χ0v) is 18.1. The minimum Gasteiger partial charge on any atom is -0.383 e. The highest BCUT2D eigenvalue weighted by Gasteiger charge is 2.17. The van der Waals surface area contributed by atoms with Gasteiger partial charge in [0.15, 0.2) is 11.0 Å². The van der Waals surface area contributed by atoms with E-state index >= 15 is 0 Å².